The fraction of sp³-hybridized carbons (Fsp3) is 0.929. The minimum atomic E-state index is 0.335. The standard InChI is InChI=1S/C14H26N2OS/c1-14(2)5-7-16(8-9-18-14)13(17)10-12-4-3-6-15-11-12/h12,15H,3-11H2,1-2H3. The minimum absolute atomic E-state index is 0.335. The van der Waals surface area contributed by atoms with Crippen molar-refractivity contribution in [1.82, 2.24) is 10.2 Å². The first-order valence-electron chi connectivity index (χ1n) is 7.19. The molecule has 0 spiro atoms. The summed E-state index contributed by atoms with van der Waals surface area (Å²) in [5.41, 5.74) is 0. The van der Waals surface area contributed by atoms with Crippen LogP contribution in [-0.2, 0) is 4.79 Å². The third kappa shape index (κ3) is 4.16. The lowest BCUT2D eigenvalue weighted by Crippen LogP contribution is -2.38. The summed E-state index contributed by atoms with van der Waals surface area (Å²) in [6, 6.07) is 0. The molecule has 0 saturated carbocycles. The number of hydrogen-bond acceptors (Lipinski definition) is 3. The van der Waals surface area contributed by atoms with Crippen LogP contribution in [0.4, 0.5) is 0 Å². The minimum Gasteiger partial charge on any atom is -0.342 e. The van der Waals surface area contributed by atoms with Crippen LogP contribution in [0.15, 0.2) is 0 Å². The Morgan fingerprint density at radius 3 is 3.00 bits per heavy atom. The summed E-state index contributed by atoms with van der Waals surface area (Å²) in [6.45, 7) is 8.61. The average Bonchev–Trinajstić information content (AvgIpc) is 2.51. The summed E-state index contributed by atoms with van der Waals surface area (Å²) in [5.74, 6) is 2.03. The molecular weight excluding hydrogens is 244 g/mol. The summed E-state index contributed by atoms with van der Waals surface area (Å²) in [7, 11) is 0. The van der Waals surface area contributed by atoms with Gasteiger partial charge in [-0.3, -0.25) is 4.79 Å². The van der Waals surface area contributed by atoms with Crippen LogP contribution in [0.2, 0.25) is 0 Å². The number of thioether (sulfide) groups is 1. The molecule has 1 amide bonds. The van der Waals surface area contributed by atoms with Crippen molar-refractivity contribution < 1.29 is 4.79 Å². The molecule has 2 saturated heterocycles. The summed E-state index contributed by atoms with van der Waals surface area (Å²) in [4.78, 5) is 14.4. The second kappa shape index (κ2) is 6.29. The molecule has 2 aliphatic rings. The van der Waals surface area contributed by atoms with Gasteiger partial charge in [0.2, 0.25) is 5.91 Å². The van der Waals surface area contributed by atoms with Crippen molar-refractivity contribution >= 4 is 17.7 Å². The maximum atomic E-state index is 12.3. The van der Waals surface area contributed by atoms with E-state index in [0.29, 0.717) is 16.6 Å². The molecule has 0 radical (unpaired) electrons. The van der Waals surface area contributed by atoms with Gasteiger partial charge in [-0.2, -0.15) is 11.8 Å². The van der Waals surface area contributed by atoms with E-state index in [0.717, 1.165) is 44.8 Å². The Labute approximate surface area is 115 Å². The topological polar surface area (TPSA) is 32.3 Å². The van der Waals surface area contributed by atoms with Gasteiger partial charge in [-0.1, -0.05) is 13.8 Å². The first kappa shape index (κ1) is 14.2. The number of nitrogens with zero attached hydrogens (tertiary/aromatic N) is 1. The third-order valence-corrected chi connectivity index (χ3v) is 5.43. The highest BCUT2D eigenvalue weighted by Gasteiger charge is 2.27. The molecular formula is C14H26N2OS. The molecule has 1 unspecified atom stereocenters. The maximum Gasteiger partial charge on any atom is 0.222 e. The monoisotopic (exact) mass is 270 g/mol. The zero-order valence-electron chi connectivity index (χ0n) is 11.7. The second-order valence-electron chi connectivity index (χ2n) is 6.16. The smallest absolute Gasteiger partial charge is 0.222 e. The van der Waals surface area contributed by atoms with E-state index in [1.165, 1.54) is 12.8 Å². The van der Waals surface area contributed by atoms with Gasteiger partial charge in [-0.15, -0.1) is 0 Å². The zero-order valence-corrected chi connectivity index (χ0v) is 12.5. The van der Waals surface area contributed by atoms with Crippen LogP contribution < -0.4 is 5.32 Å². The SMILES string of the molecule is CC1(C)CCN(C(=O)CC2CCCNC2)CCS1. The quantitative estimate of drug-likeness (QED) is 0.834. The van der Waals surface area contributed by atoms with Gasteiger partial charge in [-0.25, -0.2) is 0 Å². The fourth-order valence-electron chi connectivity index (χ4n) is 2.74. The van der Waals surface area contributed by atoms with Crippen molar-refractivity contribution in [2.75, 3.05) is 31.9 Å². The van der Waals surface area contributed by atoms with E-state index in [1.54, 1.807) is 0 Å². The van der Waals surface area contributed by atoms with Gasteiger partial charge >= 0.3 is 0 Å². The Morgan fingerprint density at radius 2 is 2.28 bits per heavy atom. The predicted molar refractivity (Wildman–Crippen MR) is 77.9 cm³/mol. The average molecular weight is 270 g/mol. The largest absolute Gasteiger partial charge is 0.342 e. The first-order valence-corrected chi connectivity index (χ1v) is 8.18. The summed E-state index contributed by atoms with van der Waals surface area (Å²) < 4.78 is 0.335. The third-order valence-electron chi connectivity index (χ3n) is 4.05. The van der Waals surface area contributed by atoms with Crippen molar-refractivity contribution in [3.05, 3.63) is 0 Å². The van der Waals surface area contributed by atoms with E-state index < -0.39 is 0 Å². The van der Waals surface area contributed by atoms with Gasteiger partial charge in [0, 0.05) is 30.0 Å². The van der Waals surface area contributed by atoms with Crippen molar-refractivity contribution in [2.45, 2.75) is 44.3 Å². The highest BCUT2D eigenvalue weighted by molar-refractivity contribution is 8.00. The van der Waals surface area contributed by atoms with E-state index in [1.807, 2.05) is 11.8 Å². The van der Waals surface area contributed by atoms with Crippen molar-refractivity contribution in [3.63, 3.8) is 0 Å². The Balaban J connectivity index is 1.81. The summed E-state index contributed by atoms with van der Waals surface area (Å²) in [5, 5.41) is 3.39. The Bertz CT molecular complexity index is 288. The van der Waals surface area contributed by atoms with E-state index >= 15 is 0 Å². The molecule has 0 aromatic carbocycles. The molecule has 3 nitrogen and oxygen atoms in total. The molecule has 2 heterocycles. The van der Waals surface area contributed by atoms with Gasteiger partial charge in [0.05, 0.1) is 0 Å². The molecule has 1 N–H and O–H groups in total. The molecule has 2 fully saturated rings. The van der Waals surface area contributed by atoms with Gasteiger partial charge in [-0.05, 0) is 38.3 Å². The first-order chi connectivity index (χ1) is 8.57. The molecule has 104 valence electrons. The lowest BCUT2D eigenvalue weighted by Gasteiger charge is -2.26. The summed E-state index contributed by atoms with van der Waals surface area (Å²) in [6.07, 6.45) is 4.30. The second-order valence-corrected chi connectivity index (χ2v) is 7.96. The number of nitrogens with one attached hydrogen (secondary N) is 1. The number of rotatable bonds is 2. The highest BCUT2D eigenvalue weighted by atomic mass is 32.2. The molecule has 0 aromatic heterocycles. The Morgan fingerprint density at radius 1 is 1.44 bits per heavy atom. The van der Waals surface area contributed by atoms with Crippen molar-refractivity contribution in [3.8, 4) is 0 Å². The van der Waals surface area contributed by atoms with Crippen LogP contribution >= 0.6 is 11.8 Å². The zero-order chi connectivity index (χ0) is 13.0. The van der Waals surface area contributed by atoms with Crippen LogP contribution in [-0.4, -0.2) is 47.5 Å². The lowest BCUT2D eigenvalue weighted by atomic mass is 9.95. The number of carbonyl (C=O) groups excluding carboxylic acids is 1. The lowest BCUT2D eigenvalue weighted by molar-refractivity contribution is -0.132. The van der Waals surface area contributed by atoms with Gasteiger partial charge in [0.1, 0.15) is 0 Å². The van der Waals surface area contributed by atoms with Gasteiger partial charge in [0.25, 0.3) is 0 Å². The Hall–Kier alpha value is -0.220. The molecule has 0 aliphatic carbocycles. The van der Waals surface area contributed by atoms with Crippen molar-refractivity contribution in [2.24, 2.45) is 5.92 Å². The van der Waals surface area contributed by atoms with E-state index in [4.69, 9.17) is 0 Å². The maximum absolute atomic E-state index is 12.3. The predicted octanol–water partition coefficient (Wildman–Crippen LogP) is 2.12. The van der Waals surface area contributed by atoms with Crippen LogP contribution in [0, 0.1) is 5.92 Å². The van der Waals surface area contributed by atoms with Crippen LogP contribution in [0.5, 0.6) is 0 Å². The number of hydrogen-bond donors (Lipinski definition) is 1. The van der Waals surface area contributed by atoms with Crippen LogP contribution in [0.1, 0.15) is 39.5 Å². The number of piperidine rings is 1. The van der Waals surface area contributed by atoms with E-state index in [-0.39, 0.29) is 0 Å². The van der Waals surface area contributed by atoms with E-state index in [2.05, 4.69) is 24.1 Å². The molecule has 2 rings (SSSR count). The fourth-order valence-corrected chi connectivity index (χ4v) is 3.84. The van der Waals surface area contributed by atoms with Crippen LogP contribution in [0.25, 0.3) is 0 Å². The van der Waals surface area contributed by atoms with Gasteiger partial charge < -0.3 is 10.2 Å². The number of amides is 1. The molecule has 18 heavy (non-hydrogen) atoms. The summed E-state index contributed by atoms with van der Waals surface area (Å²) >= 11 is 2.00. The molecule has 4 heteroatoms. The van der Waals surface area contributed by atoms with Crippen molar-refractivity contribution in [1.29, 1.82) is 0 Å². The Kier molecular flexibility index (Phi) is 4.96. The molecule has 1 atom stereocenters. The molecule has 0 bridgehead atoms. The number of carbonyl (C=O) groups is 1. The molecule has 0 aromatic rings. The highest BCUT2D eigenvalue weighted by Crippen LogP contribution is 2.31. The molecule has 2 aliphatic heterocycles. The van der Waals surface area contributed by atoms with Crippen LogP contribution in [0.3, 0.4) is 0 Å². The van der Waals surface area contributed by atoms with E-state index in [9.17, 15) is 4.79 Å². The van der Waals surface area contributed by atoms with Gasteiger partial charge in [0.15, 0.2) is 0 Å². The normalized spacial score (nSPS) is 28.8.